The first kappa shape index (κ1) is 19.1. The van der Waals surface area contributed by atoms with Gasteiger partial charge in [-0.25, -0.2) is 0 Å². The van der Waals surface area contributed by atoms with Gasteiger partial charge in [0, 0.05) is 35.6 Å². The lowest BCUT2D eigenvalue weighted by atomic mass is 10.0. The maximum Gasteiger partial charge on any atom is 0.264 e. The first-order valence-corrected chi connectivity index (χ1v) is 9.27. The number of benzene rings is 2. The summed E-state index contributed by atoms with van der Waals surface area (Å²) >= 11 is 3.38. The molecule has 0 saturated heterocycles. The Morgan fingerprint density at radius 2 is 1.96 bits per heavy atom. The number of ether oxygens (including phenoxy) is 1. The zero-order valence-corrected chi connectivity index (χ0v) is 16.6. The first-order chi connectivity index (χ1) is 12.8. The number of rotatable bonds is 5. The number of fused-ring (bicyclic) bond motifs is 1. The summed E-state index contributed by atoms with van der Waals surface area (Å²) < 4.78 is 6.29. The number of carbonyl (C=O) groups is 3. The Labute approximate surface area is 165 Å². The number of hydrogen-bond acceptors (Lipinski definition) is 4. The van der Waals surface area contributed by atoms with Crippen LogP contribution in [0.15, 0.2) is 40.9 Å². The van der Waals surface area contributed by atoms with E-state index in [1.807, 2.05) is 25.1 Å². The molecule has 27 heavy (non-hydrogen) atoms. The fraction of sp³-hybridized carbons (Fsp3) is 0.250. The molecule has 1 heterocycles. The third-order valence-electron chi connectivity index (χ3n) is 4.41. The lowest BCUT2D eigenvalue weighted by molar-refractivity contribution is -0.121. The van der Waals surface area contributed by atoms with Crippen molar-refractivity contribution in [1.29, 1.82) is 0 Å². The number of likely N-dealkylation sites (N-methyl/N-ethyl adjacent to an activating group) is 1. The highest BCUT2D eigenvalue weighted by Crippen LogP contribution is 2.32. The highest BCUT2D eigenvalue weighted by molar-refractivity contribution is 9.10. The Hall–Kier alpha value is -2.67. The lowest BCUT2D eigenvalue weighted by Crippen LogP contribution is -2.35. The molecule has 3 rings (SSSR count). The SMILES string of the molecule is Cc1cc(Br)ccc1NC(=O)CCC(=O)c1ccc2c(c1)N(C)C(=O)CO2. The Balaban J connectivity index is 1.62. The summed E-state index contributed by atoms with van der Waals surface area (Å²) in [6.07, 6.45) is 0.162. The number of hydrogen-bond donors (Lipinski definition) is 1. The van der Waals surface area contributed by atoms with Crippen molar-refractivity contribution < 1.29 is 19.1 Å². The fourth-order valence-electron chi connectivity index (χ4n) is 2.80. The van der Waals surface area contributed by atoms with Crippen molar-refractivity contribution in [2.24, 2.45) is 0 Å². The molecule has 2 aromatic carbocycles. The topological polar surface area (TPSA) is 75.7 Å². The van der Waals surface area contributed by atoms with E-state index in [1.54, 1.807) is 25.2 Å². The predicted molar refractivity (Wildman–Crippen MR) is 106 cm³/mol. The van der Waals surface area contributed by atoms with Gasteiger partial charge < -0.3 is 15.0 Å². The van der Waals surface area contributed by atoms with Gasteiger partial charge in [-0.15, -0.1) is 0 Å². The second kappa shape index (κ2) is 7.92. The van der Waals surface area contributed by atoms with E-state index < -0.39 is 0 Å². The molecule has 6 nitrogen and oxygen atoms in total. The third-order valence-corrected chi connectivity index (χ3v) is 4.90. The number of carbonyl (C=O) groups excluding carboxylic acids is 3. The van der Waals surface area contributed by atoms with Gasteiger partial charge in [-0.1, -0.05) is 15.9 Å². The molecule has 2 amide bonds. The van der Waals surface area contributed by atoms with Crippen LogP contribution in [0.25, 0.3) is 0 Å². The zero-order valence-electron chi connectivity index (χ0n) is 15.0. The molecule has 2 aromatic rings. The summed E-state index contributed by atoms with van der Waals surface area (Å²) in [6.45, 7) is 1.89. The molecule has 0 radical (unpaired) electrons. The minimum Gasteiger partial charge on any atom is -0.482 e. The molecule has 1 aliphatic rings. The Morgan fingerprint density at radius 3 is 2.70 bits per heavy atom. The van der Waals surface area contributed by atoms with Crippen molar-refractivity contribution in [2.75, 3.05) is 23.9 Å². The Morgan fingerprint density at radius 1 is 1.19 bits per heavy atom. The van der Waals surface area contributed by atoms with Gasteiger partial charge in [-0.2, -0.15) is 0 Å². The van der Waals surface area contributed by atoms with Crippen LogP contribution in [0.5, 0.6) is 5.75 Å². The molecule has 0 fully saturated rings. The van der Waals surface area contributed by atoms with E-state index in [2.05, 4.69) is 21.2 Å². The van der Waals surface area contributed by atoms with Gasteiger partial charge in [0.15, 0.2) is 12.4 Å². The highest BCUT2D eigenvalue weighted by Gasteiger charge is 2.23. The van der Waals surface area contributed by atoms with Crippen LogP contribution in [0, 0.1) is 6.92 Å². The maximum absolute atomic E-state index is 12.5. The van der Waals surface area contributed by atoms with Gasteiger partial charge in [0.1, 0.15) is 5.75 Å². The monoisotopic (exact) mass is 430 g/mol. The molecule has 1 N–H and O–H groups in total. The standard InChI is InChI=1S/C20H19BrN2O4/c1-12-9-14(21)4-5-15(12)22-19(25)8-6-17(24)13-3-7-18-16(10-13)23(2)20(26)11-27-18/h3-5,7,9-10H,6,8,11H2,1-2H3,(H,22,25). The van der Waals surface area contributed by atoms with Gasteiger partial charge in [0.2, 0.25) is 5.91 Å². The van der Waals surface area contributed by atoms with E-state index in [1.165, 1.54) is 4.90 Å². The van der Waals surface area contributed by atoms with E-state index in [-0.39, 0.29) is 37.0 Å². The van der Waals surface area contributed by atoms with Crippen molar-refractivity contribution in [2.45, 2.75) is 19.8 Å². The average Bonchev–Trinajstić information content (AvgIpc) is 2.65. The van der Waals surface area contributed by atoms with Crippen LogP contribution in [0.2, 0.25) is 0 Å². The highest BCUT2D eigenvalue weighted by atomic mass is 79.9. The summed E-state index contributed by atoms with van der Waals surface area (Å²) in [6, 6.07) is 10.5. The van der Waals surface area contributed by atoms with Crippen LogP contribution in [-0.2, 0) is 9.59 Å². The number of ketones is 1. The largest absolute Gasteiger partial charge is 0.482 e. The third kappa shape index (κ3) is 4.36. The number of anilines is 2. The van der Waals surface area contributed by atoms with Crippen LogP contribution in [0.4, 0.5) is 11.4 Å². The maximum atomic E-state index is 12.5. The van der Waals surface area contributed by atoms with Crippen molar-refractivity contribution in [3.8, 4) is 5.75 Å². The fourth-order valence-corrected chi connectivity index (χ4v) is 3.27. The van der Waals surface area contributed by atoms with Crippen LogP contribution in [0.3, 0.4) is 0 Å². The molecule has 7 heteroatoms. The number of nitrogens with zero attached hydrogens (tertiary/aromatic N) is 1. The van der Waals surface area contributed by atoms with Crippen molar-refractivity contribution >= 4 is 44.9 Å². The van der Waals surface area contributed by atoms with Gasteiger partial charge in [0.05, 0.1) is 5.69 Å². The van der Waals surface area contributed by atoms with Gasteiger partial charge >= 0.3 is 0 Å². The first-order valence-electron chi connectivity index (χ1n) is 8.48. The van der Waals surface area contributed by atoms with Crippen LogP contribution < -0.4 is 15.0 Å². The van der Waals surface area contributed by atoms with Crippen molar-refractivity contribution in [3.05, 3.63) is 52.0 Å². The molecule has 0 saturated carbocycles. The van der Waals surface area contributed by atoms with Crippen LogP contribution in [-0.4, -0.2) is 31.3 Å². The van der Waals surface area contributed by atoms with Crippen LogP contribution in [0.1, 0.15) is 28.8 Å². The van der Waals surface area contributed by atoms with Gasteiger partial charge in [0.25, 0.3) is 5.91 Å². The molecule has 0 spiro atoms. The summed E-state index contributed by atoms with van der Waals surface area (Å²) in [5.74, 6) is 0.0164. The minimum absolute atomic E-state index is 0.00750. The second-order valence-corrected chi connectivity index (χ2v) is 7.27. The lowest BCUT2D eigenvalue weighted by Gasteiger charge is -2.26. The molecular formula is C20H19BrN2O4. The summed E-state index contributed by atoms with van der Waals surface area (Å²) in [4.78, 5) is 37.8. The zero-order chi connectivity index (χ0) is 19.6. The quantitative estimate of drug-likeness (QED) is 0.733. The number of aryl methyl sites for hydroxylation is 1. The molecule has 0 aliphatic carbocycles. The van der Waals surface area contributed by atoms with E-state index in [4.69, 9.17) is 4.74 Å². The van der Waals surface area contributed by atoms with Crippen molar-refractivity contribution in [3.63, 3.8) is 0 Å². The van der Waals surface area contributed by atoms with Gasteiger partial charge in [-0.3, -0.25) is 14.4 Å². The Kier molecular flexibility index (Phi) is 5.60. The van der Waals surface area contributed by atoms with E-state index >= 15 is 0 Å². The summed E-state index contributed by atoms with van der Waals surface area (Å²) in [5.41, 5.74) is 2.67. The van der Waals surface area contributed by atoms with Crippen LogP contribution >= 0.6 is 15.9 Å². The molecule has 0 atom stereocenters. The predicted octanol–water partition coefficient (Wildman–Crippen LogP) is 3.71. The molecule has 0 unspecified atom stereocenters. The smallest absolute Gasteiger partial charge is 0.264 e. The van der Waals surface area contributed by atoms with E-state index in [0.29, 0.717) is 17.0 Å². The normalized spacial score (nSPS) is 13.0. The average molecular weight is 431 g/mol. The number of Topliss-reactive ketones (excluding diaryl/α,β-unsaturated/α-hetero) is 1. The number of amides is 2. The molecule has 140 valence electrons. The number of nitrogens with one attached hydrogen (secondary N) is 1. The second-order valence-electron chi connectivity index (χ2n) is 6.35. The molecule has 1 aliphatic heterocycles. The van der Waals surface area contributed by atoms with E-state index in [9.17, 15) is 14.4 Å². The Bertz CT molecular complexity index is 926. The molecule has 0 aromatic heterocycles. The van der Waals surface area contributed by atoms with Crippen molar-refractivity contribution in [1.82, 2.24) is 0 Å². The summed E-state index contributed by atoms with van der Waals surface area (Å²) in [5, 5.41) is 2.82. The molecular weight excluding hydrogens is 412 g/mol. The van der Waals surface area contributed by atoms with E-state index in [0.717, 1.165) is 15.7 Å². The molecule has 0 bridgehead atoms. The summed E-state index contributed by atoms with van der Waals surface area (Å²) in [7, 11) is 1.64. The number of halogens is 1. The minimum atomic E-state index is -0.220. The van der Waals surface area contributed by atoms with Gasteiger partial charge in [-0.05, 0) is 48.9 Å².